The van der Waals surface area contributed by atoms with Crippen molar-refractivity contribution in [2.75, 3.05) is 0 Å². The lowest BCUT2D eigenvalue weighted by Crippen LogP contribution is -2.65. The first-order chi connectivity index (χ1) is 24.1. The highest BCUT2D eigenvalue weighted by atomic mass is 19.2. The molecule has 6 fully saturated rings. The Bertz CT molecular complexity index is 1060. The molecule has 0 spiro atoms. The molecule has 8 atom stereocenters. The molecule has 10 heteroatoms. The summed E-state index contributed by atoms with van der Waals surface area (Å²) in [6.45, 7) is 0. The summed E-state index contributed by atoms with van der Waals surface area (Å²) in [4.78, 5) is 0. The molecule has 50 heavy (non-hydrogen) atoms. The molecule has 2 nitrogen and oxygen atoms in total. The predicted octanol–water partition coefficient (Wildman–Crippen LogP) is 10.0. The Kier molecular flexibility index (Phi) is 13.4. The van der Waals surface area contributed by atoms with Gasteiger partial charge < -0.3 is 9.47 Å². The van der Waals surface area contributed by atoms with Crippen molar-refractivity contribution >= 4 is 0 Å². The van der Waals surface area contributed by atoms with E-state index in [1.165, 1.54) is 38.5 Å². The molecule has 0 radical (unpaired) electrons. The molecule has 6 aliphatic carbocycles. The summed E-state index contributed by atoms with van der Waals surface area (Å²) in [7, 11) is 0. The number of ether oxygens (including phenoxy) is 2. The second-order valence-corrected chi connectivity index (χ2v) is 16.1. The Hall–Kier alpha value is -1.52. The summed E-state index contributed by atoms with van der Waals surface area (Å²) in [5.41, 5.74) is 0. The van der Waals surface area contributed by atoms with Crippen LogP contribution in [0.15, 0.2) is 0 Å². The molecule has 0 aliphatic heterocycles. The van der Waals surface area contributed by atoms with Crippen LogP contribution in [0.1, 0.15) is 116 Å². The average molecular weight is 719 g/mol. The molecule has 0 saturated heterocycles. The number of hydrogen-bond acceptors (Lipinski definition) is 2. The van der Waals surface area contributed by atoms with Crippen LogP contribution >= 0.6 is 0 Å². The highest BCUT2D eigenvalue weighted by Crippen LogP contribution is 2.49. The zero-order chi connectivity index (χ0) is 35.4. The lowest BCUT2D eigenvalue weighted by Gasteiger charge is -2.49. The van der Waals surface area contributed by atoms with E-state index in [-0.39, 0.29) is 11.8 Å². The van der Waals surface area contributed by atoms with Gasteiger partial charge in [-0.1, -0.05) is 62.2 Å². The minimum Gasteiger partial charge on any atom is -0.369 e. The van der Waals surface area contributed by atoms with E-state index in [1.807, 2.05) is 0 Å². The second kappa shape index (κ2) is 17.5. The molecule has 282 valence electrons. The maximum Gasteiger partial charge on any atom is 0.160 e. The van der Waals surface area contributed by atoms with Crippen molar-refractivity contribution in [2.45, 2.75) is 189 Å². The molecule has 0 amide bonds. The molecule has 0 aromatic carbocycles. The van der Waals surface area contributed by atoms with Gasteiger partial charge in [0.05, 0.1) is 12.2 Å². The van der Waals surface area contributed by atoms with Crippen LogP contribution in [0.2, 0.25) is 0 Å². The lowest BCUT2D eigenvalue weighted by molar-refractivity contribution is -0.214. The molecule has 0 aromatic heterocycles. The van der Waals surface area contributed by atoms with E-state index in [9.17, 15) is 0 Å². The third-order valence-electron chi connectivity index (χ3n) is 12.6. The number of hydrogen-bond donors (Lipinski definition) is 0. The molecule has 6 rings (SSSR count). The van der Waals surface area contributed by atoms with E-state index in [2.05, 4.69) is 23.7 Å². The first-order valence-corrected chi connectivity index (χ1v) is 19.6. The number of halogens is 8. The van der Waals surface area contributed by atoms with Crippen molar-refractivity contribution in [3.63, 3.8) is 0 Å². The third kappa shape index (κ3) is 8.81. The zero-order valence-electron chi connectivity index (χ0n) is 29.0. The molecule has 0 aromatic rings. The van der Waals surface area contributed by atoms with E-state index >= 15 is 35.1 Å². The number of rotatable bonds is 5. The SMILES string of the molecule is FC1C(F)C(C2C(F)C(F)C(OC3CCC(C#CC4CCCCC4)CC3)C(F)C2F)C(F)C(F)C1OC1CCC(C#CC2CCCCC2)CC1. The normalized spacial score (nSPS) is 46.6. The molecule has 0 heterocycles. The fourth-order valence-corrected chi connectivity index (χ4v) is 9.52. The van der Waals surface area contributed by atoms with Crippen molar-refractivity contribution < 1.29 is 44.6 Å². The van der Waals surface area contributed by atoms with Crippen LogP contribution in [-0.2, 0) is 9.47 Å². The summed E-state index contributed by atoms with van der Waals surface area (Å²) in [6.07, 6.45) is -12.6. The Morgan fingerprint density at radius 1 is 0.300 bits per heavy atom. The first kappa shape index (κ1) is 38.2. The van der Waals surface area contributed by atoms with Crippen molar-refractivity contribution in [1.82, 2.24) is 0 Å². The Morgan fingerprint density at radius 3 is 0.840 bits per heavy atom. The molecule has 8 unspecified atom stereocenters. The molecule has 6 aliphatic rings. The Morgan fingerprint density at radius 2 is 0.560 bits per heavy atom. The van der Waals surface area contributed by atoms with Gasteiger partial charge in [0.2, 0.25) is 0 Å². The Labute approximate surface area is 292 Å². The summed E-state index contributed by atoms with van der Waals surface area (Å²) in [6, 6.07) is 0. The van der Waals surface area contributed by atoms with Gasteiger partial charge in [0.1, 0.15) is 36.9 Å². The van der Waals surface area contributed by atoms with E-state index in [4.69, 9.17) is 9.47 Å². The van der Waals surface area contributed by atoms with Crippen LogP contribution < -0.4 is 0 Å². The topological polar surface area (TPSA) is 18.5 Å². The minimum absolute atomic E-state index is 0.113. The van der Waals surface area contributed by atoms with Gasteiger partial charge in [-0.2, -0.15) is 0 Å². The minimum atomic E-state index is -2.91. The van der Waals surface area contributed by atoms with Gasteiger partial charge in [-0.25, -0.2) is 35.1 Å². The molecule has 0 N–H and O–H groups in total. The highest BCUT2D eigenvalue weighted by molar-refractivity contribution is 5.12. The van der Waals surface area contributed by atoms with Crippen molar-refractivity contribution in [3.8, 4) is 23.7 Å². The van der Waals surface area contributed by atoms with Crippen molar-refractivity contribution in [3.05, 3.63) is 0 Å². The first-order valence-electron chi connectivity index (χ1n) is 19.6. The lowest BCUT2D eigenvalue weighted by atomic mass is 9.66. The van der Waals surface area contributed by atoms with Crippen LogP contribution in [0.5, 0.6) is 0 Å². The maximum atomic E-state index is 15.6. The van der Waals surface area contributed by atoms with Gasteiger partial charge in [-0.3, -0.25) is 0 Å². The fourth-order valence-electron chi connectivity index (χ4n) is 9.52. The van der Waals surface area contributed by atoms with Gasteiger partial charge in [0.25, 0.3) is 0 Å². The summed E-state index contributed by atoms with van der Waals surface area (Å²) in [5.74, 6) is 9.27. The quantitative estimate of drug-likeness (QED) is 0.208. The molecular formula is C40H54F8O2. The van der Waals surface area contributed by atoms with Gasteiger partial charge >= 0.3 is 0 Å². The van der Waals surface area contributed by atoms with Crippen LogP contribution in [-0.4, -0.2) is 73.8 Å². The van der Waals surface area contributed by atoms with Crippen LogP contribution in [0.4, 0.5) is 35.1 Å². The van der Waals surface area contributed by atoms with Gasteiger partial charge in [-0.15, -0.1) is 0 Å². The molecule has 0 bridgehead atoms. The summed E-state index contributed by atoms with van der Waals surface area (Å²) < 4.78 is 135. The monoisotopic (exact) mass is 718 g/mol. The smallest absolute Gasteiger partial charge is 0.160 e. The predicted molar refractivity (Wildman–Crippen MR) is 176 cm³/mol. The van der Waals surface area contributed by atoms with Crippen LogP contribution in [0, 0.1) is 59.2 Å². The Balaban J connectivity index is 1.01. The standard InChI is InChI=1S/C40H54F8O2/c41-31-29(32(42)36(46)39(35(31)45)49-27-19-15-25(16-20-27)13-11-23-7-3-1-4-8-23)30-33(43)37(47)40(38(48)34(30)44)50-28-21-17-26(18-22-28)14-12-24-9-5-2-6-10-24/h23-40H,1-10,15-22H2. The van der Waals surface area contributed by atoms with E-state index < -0.39 is 85.6 Å². The fraction of sp³-hybridized carbons (Fsp3) is 0.900. The van der Waals surface area contributed by atoms with E-state index in [1.54, 1.807) is 0 Å². The second-order valence-electron chi connectivity index (χ2n) is 16.1. The van der Waals surface area contributed by atoms with E-state index in [0.717, 1.165) is 25.7 Å². The largest absolute Gasteiger partial charge is 0.369 e. The van der Waals surface area contributed by atoms with Crippen LogP contribution in [0.3, 0.4) is 0 Å². The van der Waals surface area contributed by atoms with E-state index in [0.29, 0.717) is 63.2 Å². The number of alkyl halides is 8. The van der Waals surface area contributed by atoms with Crippen LogP contribution in [0.25, 0.3) is 0 Å². The average Bonchev–Trinajstić information content (AvgIpc) is 3.15. The van der Waals surface area contributed by atoms with Crippen molar-refractivity contribution in [2.24, 2.45) is 35.5 Å². The molecular weight excluding hydrogens is 664 g/mol. The van der Waals surface area contributed by atoms with Gasteiger partial charge in [-0.05, 0) is 77.0 Å². The third-order valence-corrected chi connectivity index (χ3v) is 12.6. The zero-order valence-corrected chi connectivity index (χ0v) is 29.0. The highest BCUT2D eigenvalue weighted by Gasteiger charge is 2.64. The summed E-state index contributed by atoms with van der Waals surface area (Å²) in [5, 5.41) is 0. The molecule has 6 saturated carbocycles. The van der Waals surface area contributed by atoms with Crippen molar-refractivity contribution in [1.29, 1.82) is 0 Å². The van der Waals surface area contributed by atoms with Gasteiger partial charge in [0, 0.05) is 35.5 Å². The summed E-state index contributed by atoms with van der Waals surface area (Å²) >= 11 is 0. The van der Waals surface area contributed by atoms with Gasteiger partial charge in [0.15, 0.2) is 24.7 Å². The maximum absolute atomic E-state index is 15.6.